The van der Waals surface area contributed by atoms with Crippen molar-refractivity contribution in [1.29, 1.82) is 0 Å². The Balaban J connectivity index is 2.23. The van der Waals surface area contributed by atoms with Gasteiger partial charge in [0.2, 0.25) is 0 Å². The van der Waals surface area contributed by atoms with Gasteiger partial charge < -0.3 is 5.32 Å². The van der Waals surface area contributed by atoms with E-state index in [1.165, 1.54) is 16.9 Å². The molecule has 2 N–H and O–H groups in total. The molecular weight excluding hydrogens is 362 g/mol. The van der Waals surface area contributed by atoms with Crippen LogP contribution in [0.3, 0.4) is 0 Å². The molecule has 0 spiro atoms. The second-order valence-corrected chi connectivity index (χ2v) is 6.61. The van der Waals surface area contributed by atoms with Gasteiger partial charge in [0.05, 0.1) is 10.6 Å². The lowest BCUT2D eigenvalue weighted by Gasteiger charge is -2.10. The largest absolute Gasteiger partial charge is 0.471 e. The molecule has 1 aromatic heterocycles. The minimum absolute atomic E-state index is 0.0415. The highest BCUT2D eigenvalue weighted by Crippen LogP contribution is 2.24. The lowest BCUT2D eigenvalue weighted by Crippen LogP contribution is -2.30. The summed E-state index contributed by atoms with van der Waals surface area (Å²) in [5.74, 6) is -3.70. The second kappa shape index (κ2) is 6.12. The van der Waals surface area contributed by atoms with Crippen LogP contribution < -0.4 is 10.0 Å². The van der Waals surface area contributed by atoms with Gasteiger partial charge in [-0.1, -0.05) is 0 Å². The summed E-state index contributed by atoms with van der Waals surface area (Å²) in [6.07, 6.45) is -3.84. The Labute approximate surface area is 131 Å². The van der Waals surface area contributed by atoms with E-state index in [1.54, 1.807) is 0 Å². The van der Waals surface area contributed by atoms with Crippen molar-refractivity contribution in [3.8, 4) is 0 Å². The summed E-state index contributed by atoms with van der Waals surface area (Å²) >= 11 is 0.986. The van der Waals surface area contributed by atoms with Gasteiger partial charge in [0.15, 0.2) is 5.13 Å². The van der Waals surface area contributed by atoms with Crippen LogP contribution in [0.15, 0.2) is 34.7 Å². The molecule has 0 saturated carbocycles. The monoisotopic (exact) mass is 369 g/mol. The molecule has 23 heavy (non-hydrogen) atoms. The molecule has 0 radical (unpaired) electrons. The Morgan fingerprint density at radius 3 is 2.48 bits per heavy atom. The summed E-state index contributed by atoms with van der Waals surface area (Å²) in [5.41, 5.74) is -0.791. The highest BCUT2D eigenvalue weighted by Gasteiger charge is 2.39. The van der Waals surface area contributed by atoms with Crippen molar-refractivity contribution in [3.63, 3.8) is 0 Å². The molecule has 2 aromatic rings. The molecule has 124 valence electrons. The molecule has 0 bridgehead atoms. The van der Waals surface area contributed by atoms with Gasteiger partial charge in [0.25, 0.3) is 10.0 Å². The number of anilines is 2. The maximum Gasteiger partial charge on any atom is 0.471 e. The smallest absolute Gasteiger partial charge is 0.316 e. The first-order valence-electron chi connectivity index (χ1n) is 5.69. The van der Waals surface area contributed by atoms with Crippen LogP contribution in [0.4, 0.5) is 28.4 Å². The number of alkyl halides is 3. The minimum Gasteiger partial charge on any atom is -0.316 e. The molecule has 0 unspecified atom stereocenters. The van der Waals surface area contributed by atoms with Gasteiger partial charge in [-0.05, 0) is 18.2 Å². The van der Waals surface area contributed by atoms with Gasteiger partial charge in [-0.2, -0.15) is 13.2 Å². The molecule has 1 amide bonds. The van der Waals surface area contributed by atoms with Crippen molar-refractivity contribution >= 4 is 38.1 Å². The van der Waals surface area contributed by atoms with E-state index in [4.69, 9.17) is 0 Å². The van der Waals surface area contributed by atoms with Crippen molar-refractivity contribution < 1.29 is 30.8 Å². The minimum atomic E-state index is -5.19. The Hall–Kier alpha value is -2.21. The van der Waals surface area contributed by atoms with Crippen LogP contribution >= 0.6 is 11.3 Å². The van der Waals surface area contributed by atoms with Crippen LogP contribution in [0.2, 0.25) is 0 Å². The van der Waals surface area contributed by atoms with E-state index in [9.17, 15) is 30.8 Å². The van der Waals surface area contributed by atoms with Crippen molar-refractivity contribution in [1.82, 2.24) is 4.98 Å². The molecule has 0 fully saturated rings. The van der Waals surface area contributed by atoms with Gasteiger partial charge in [-0.3, -0.25) is 9.52 Å². The van der Waals surface area contributed by atoms with Gasteiger partial charge in [-0.25, -0.2) is 17.8 Å². The first-order chi connectivity index (χ1) is 10.6. The molecule has 6 nitrogen and oxygen atoms in total. The molecule has 2 rings (SSSR count). The third-order valence-corrected chi connectivity index (χ3v) is 4.56. The number of amides is 1. The normalized spacial score (nSPS) is 12.0. The lowest BCUT2D eigenvalue weighted by atomic mass is 10.3. The number of sulfonamides is 1. The predicted octanol–water partition coefficient (Wildman–Crippen LogP) is 2.58. The fourth-order valence-electron chi connectivity index (χ4n) is 1.41. The van der Waals surface area contributed by atoms with Gasteiger partial charge in [-0.15, -0.1) is 11.3 Å². The maximum atomic E-state index is 13.7. The maximum absolute atomic E-state index is 13.7. The van der Waals surface area contributed by atoms with Crippen molar-refractivity contribution in [2.24, 2.45) is 0 Å². The Bertz CT molecular complexity index is 820. The standard InChI is InChI=1S/C11H7F4N3O3S2/c12-7-5-6(23(20,21)18-10-16-3-4-22-10)1-2-8(7)17-9(19)11(13,14)15/h1-5H,(H,16,18)(H,17,19). The molecule has 0 aliphatic heterocycles. The number of hydrogen-bond donors (Lipinski definition) is 2. The van der Waals surface area contributed by atoms with E-state index < -0.39 is 38.5 Å². The summed E-state index contributed by atoms with van der Waals surface area (Å²) in [6, 6.07) is 2.06. The fraction of sp³-hybridized carbons (Fsp3) is 0.0909. The summed E-state index contributed by atoms with van der Waals surface area (Å²) in [4.78, 5) is 13.9. The number of rotatable bonds is 4. The van der Waals surface area contributed by atoms with Crippen LogP contribution in [-0.4, -0.2) is 25.5 Å². The van der Waals surface area contributed by atoms with Crippen LogP contribution in [0.1, 0.15) is 0 Å². The number of thiazole rings is 1. The predicted molar refractivity (Wildman–Crippen MR) is 74.0 cm³/mol. The zero-order valence-electron chi connectivity index (χ0n) is 10.9. The van der Waals surface area contributed by atoms with Crippen LogP contribution in [-0.2, 0) is 14.8 Å². The lowest BCUT2D eigenvalue weighted by molar-refractivity contribution is -0.167. The van der Waals surface area contributed by atoms with E-state index in [1.807, 2.05) is 0 Å². The topological polar surface area (TPSA) is 88.2 Å². The SMILES string of the molecule is O=C(Nc1ccc(S(=O)(=O)Nc2nccs2)cc1F)C(F)(F)F. The summed E-state index contributed by atoms with van der Waals surface area (Å²) in [7, 11) is -4.16. The molecular formula is C11H7F4N3O3S2. The third-order valence-electron chi connectivity index (χ3n) is 2.41. The van der Waals surface area contributed by atoms with E-state index in [0.29, 0.717) is 6.07 Å². The number of hydrogen-bond acceptors (Lipinski definition) is 5. The number of benzene rings is 1. The first kappa shape index (κ1) is 17.1. The van der Waals surface area contributed by atoms with Gasteiger partial charge >= 0.3 is 12.1 Å². The quantitative estimate of drug-likeness (QED) is 0.811. The first-order valence-corrected chi connectivity index (χ1v) is 8.06. The zero-order valence-corrected chi connectivity index (χ0v) is 12.5. The highest BCUT2D eigenvalue weighted by atomic mass is 32.2. The summed E-state index contributed by atoms with van der Waals surface area (Å²) in [6.45, 7) is 0. The van der Waals surface area contributed by atoms with Crippen molar-refractivity contribution in [3.05, 3.63) is 35.6 Å². The molecule has 12 heteroatoms. The number of nitrogens with one attached hydrogen (secondary N) is 2. The number of halogens is 4. The molecule has 0 atom stereocenters. The number of nitrogens with zero attached hydrogens (tertiary/aromatic N) is 1. The Morgan fingerprint density at radius 1 is 1.26 bits per heavy atom. The van der Waals surface area contributed by atoms with Crippen LogP contribution in [0, 0.1) is 5.82 Å². The average molecular weight is 369 g/mol. The van der Waals surface area contributed by atoms with E-state index in [0.717, 1.165) is 23.5 Å². The average Bonchev–Trinajstić information content (AvgIpc) is 2.91. The number of aromatic nitrogens is 1. The molecule has 0 saturated heterocycles. The second-order valence-electron chi connectivity index (χ2n) is 4.04. The highest BCUT2D eigenvalue weighted by molar-refractivity contribution is 7.93. The summed E-state index contributed by atoms with van der Waals surface area (Å²) < 4.78 is 76.0. The van der Waals surface area contributed by atoms with Crippen LogP contribution in [0.25, 0.3) is 0 Å². The Kier molecular flexibility index (Phi) is 4.56. The van der Waals surface area contributed by atoms with Crippen LogP contribution in [0.5, 0.6) is 0 Å². The van der Waals surface area contributed by atoms with Crippen molar-refractivity contribution in [2.45, 2.75) is 11.1 Å². The third kappa shape index (κ3) is 4.16. The summed E-state index contributed by atoms with van der Waals surface area (Å²) in [5, 5.41) is 2.86. The number of carbonyl (C=O) groups excluding carboxylic acids is 1. The molecule has 0 aliphatic rings. The van der Waals surface area contributed by atoms with Gasteiger partial charge in [0.1, 0.15) is 5.82 Å². The van der Waals surface area contributed by atoms with Crippen molar-refractivity contribution in [2.75, 3.05) is 10.0 Å². The molecule has 1 aromatic carbocycles. The molecule has 0 aliphatic carbocycles. The van der Waals surface area contributed by atoms with E-state index in [2.05, 4.69) is 9.71 Å². The fourth-order valence-corrected chi connectivity index (χ4v) is 3.21. The molecule has 1 heterocycles. The zero-order chi connectivity index (χ0) is 17.3. The Morgan fingerprint density at radius 2 is 1.96 bits per heavy atom. The van der Waals surface area contributed by atoms with Gasteiger partial charge in [0, 0.05) is 11.6 Å². The number of carbonyl (C=O) groups is 1. The van der Waals surface area contributed by atoms with E-state index in [-0.39, 0.29) is 5.13 Å². The van der Waals surface area contributed by atoms with E-state index >= 15 is 0 Å².